The van der Waals surface area contributed by atoms with E-state index in [0.717, 1.165) is 24.9 Å². The van der Waals surface area contributed by atoms with Crippen molar-refractivity contribution in [3.05, 3.63) is 36.9 Å². The van der Waals surface area contributed by atoms with Crippen molar-refractivity contribution in [2.24, 2.45) is 10.8 Å². The average Bonchev–Trinajstić information content (AvgIpc) is 3.41. The van der Waals surface area contributed by atoms with Crippen LogP contribution in [-0.4, -0.2) is 37.1 Å². The third kappa shape index (κ3) is 3.19. The first kappa shape index (κ1) is 18.5. The molecule has 4 atom stereocenters. The van der Waals surface area contributed by atoms with Crippen molar-refractivity contribution < 1.29 is 14.2 Å². The SMILES string of the molecule is C[C@@]12CC[C@@](C)(C1)[C@H](F)[C@@H](Oc1nnc(-c3ccc(-n4ccnc4)cc3O)s1)C2. The molecule has 2 aliphatic carbocycles. The highest BCUT2D eigenvalue weighted by Gasteiger charge is 2.56. The maximum Gasteiger partial charge on any atom is 0.294 e. The minimum absolute atomic E-state index is 0.0954. The Hall–Kier alpha value is -2.48. The summed E-state index contributed by atoms with van der Waals surface area (Å²) in [6.07, 6.45) is 7.20. The van der Waals surface area contributed by atoms with Gasteiger partial charge in [-0.25, -0.2) is 9.37 Å². The fourth-order valence-electron chi connectivity index (χ4n) is 5.06. The maximum atomic E-state index is 15.1. The Labute approximate surface area is 172 Å². The molecule has 6 nitrogen and oxygen atoms in total. The van der Waals surface area contributed by atoms with E-state index in [-0.39, 0.29) is 16.6 Å². The lowest BCUT2D eigenvalue weighted by atomic mass is 9.68. The molecule has 3 aromatic rings. The quantitative estimate of drug-likeness (QED) is 0.665. The molecule has 2 aliphatic rings. The van der Waals surface area contributed by atoms with E-state index in [4.69, 9.17) is 4.74 Å². The summed E-state index contributed by atoms with van der Waals surface area (Å²) in [5, 5.41) is 19.6. The zero-order chi connectivity index (χ0) is 20.2. The first-order chi connectivity index (χ1) is 13.9. The summed E-state index contributed by atoms with van der Waals surface area (Å²) in [5.74, 6) is 0.0954. The molecule has 0 radical (unpaired) electrons. The number of phenolic OH excluding ortho intramolecular Hbond substituents is 1. The van der Waals surface area contributed by atoms with Crippen molar-refractivity contribution in [2.75, 3.05) is 0 Å². The Kier molecular flexibility index (Phi) is 4.17. The van der Waals surface area contributed by atoms with Crippen LogP contribution in [0.5, 0.6) is 10.9 Å². The van der Waals surface area contributed by atoms with Gasteiger partial charge in [0.05, 0.1) is 17.6 Å². The van der Waals surface area contributed by atoms with Crippen LogP contribution in [0.1, 0.15) is 39.5 Å². The number of benzene rings is 1. The summed E-state index contributed by atoms with van der Waals surface area (Å²) in [6.45, 7) is 4.26. The molecule has 2 fully saturated rings. The van der Waals surface area contributed by atoms with Gasteiger partial charge in [0, 0.05) is 23.9 Å². The molecule has 2 bridgehead atoms. The molecule has 152 valence electrons. The number of imidazole rings is 1. The highest BCUT2D eigenvalue weighted by molar-refractivity contribution is 7.16. The van der Waals surface area contributed by atoms with Gasteiger partial charge in [0.25, 0.3) is 5.19 Å². The number of rotatable bonds is 4. The summed E-state index contributed by atoms with van der Waals surface area (Å²) < 4.78 is 22.9. The Balaban J connectivity index is 1.36. The van der Waals surface area contributed by atoms with Gasteiger partial charge >= 0.3 is 0 Å². The number of phenols is 1. The molecule has 2 aromatic heterocycles. The van der Waals surface area contributed by atoms with Crippen molar-refractivity contribution in [1.29, 1.82) is 0 Å². The average molecular weight is 415 g/mol. The van der Waals surface area contributed by atoms with E-state index in [0.29, 0.717) is 22.2 Å². The number of fused-ring (bicyclic) bond motifs is 2. The number of hydrogen-bond acceptors (Lipinski definition) is 6. The van der Waals surface area contributed by atoms with E-state index >= 15 is 4.39 Å². The molecule has 2 saturated carbocycles. The van der Waals surface area contributed by atoms with Crippen molar-refractivity contribution in [3.8, 4) is 27.2 Å². The zero-order valence-electron chi connectivity index (χ0n) is 16.4. The molecule has 29 heavy (non-hydrogen) atoms. The molecule has 1 N–H and O–H groups in total. The van der Waals surface area contributed by atoms with Crippen molar-refractivity contribution in [3.63, 3.8) is 0 Å². The van der Waals surface area contributed by atoms with Crippen LogP contribution in [0.15, 0.2) is 36.9 Å². The van der Waals surface area contributed by atoms with Gasteiger partial charge in [-0.1, -0.05) is 30.3 Å². The van der Waals surface area contributed by atoms with Crippen molar-refractivity contribution in [1.82, 2.24) is 19.7 Å². The van der Waals surface area contributed by atoms with Crippen LogP contribution in [0.3, 0.4) is 0 Å². The second kappa shape index (κ2) is 6.52. The van der Waals surface area contributed by atoms with E-state index in [1.165, 1.54) is 11.3 Å². The van der Waals surface area contributed by atoms with E-state index in [1.54, 1.807) is 35.4 Å². The summed E-state index contributed by atoms with van der Waals surface area (Å²) >= 11 is 1.23. The third-order valence-corrected chi connectivity index (χ3v) is 7.34. The third-order valence-electron chi connectivity index (χ3n) is 6.49. The van der Waals surface area contributed by atoms with Gasteiger partial charge in [-0.3, -0.25) is 0 Å². The molecular weight excluding hydrogens is 391 g/mol. The largest absolute Gasteiger partial charge is 0.507 e. The van der Waals surface area contributed by atoms with Gasteiger partial charge in [-0.05, 0) is 43.2 Å². The molecule has 0 aliphatic heterocycles. The molecule has 0 amide bonds. The van der Waals surface area contributed by atoms with Gasteiger partial charge in [-0.2, -0.15) is 0 Å². The molecule has 8 heteroatoms. The summed E-state index contributed by atoms with van der Waals surface area (Å²) in [4.78, 5) is 4.01. The van der Waals surface area contributed by atoms with Gasteiger partial charge in [0.15, 0.2) is 5.01 Å². The van der Waals surface area contributed by atoms with Crippen LogP contribution in [0, 0.1) is 10.8 Å². The van der Waals surface area contributed by atoms with Crippen LogP contribution in [0.4, 0.5) is 4.39 Å². The number of hydrogen-bond donors (Lipinski definition) is 1. The van der Waals surface area contributed by atoms with Gasteiger partial charge in [0.1, 0.15) is 18.0 Å². The van der Waals surface area contributed by atoms with Gasteiger partial charge in [0.2, 0.25) is 0 Å². The predicted molar refractivity (Wildman–Crippen MR) is 108 cm³/mol. The van der Waals surface area contributed by atoms with Crippen molar-refractivity contribution in [2.45, 2.75) is 51.8 Å². The molecule has 0 saturated heterocycles. The monoisotopic (exact) mass is 414 g/mol. The fourth-order valence-corrected chi connectivity index (χ4v) is 5.84. The van der Waals surface area contributed by atoms with Crippen LogP contribution >= 0.6 is 11.3 Å². The second-order valence-electron chi connectivity index (χ2n) is 8.95. The number of halogens is 1. The summed E-state index contributed by atoms with van der Waals surface area (Å²) in [5.41, 5.74) is 1.19. The van der Waals surface area contributed by atoms with Gasteiger partial charge < -0.3 is 14.4 Å². The molecule has 1 aromatic carbocycles. The maximum absolute atomic E-state index is 15.1. The summed E-state index contributed by atoms with van der Waals surface area (Å²) in [7, 11) is 0. The standard InChI is InChI=1S/C21H23FN4O2S/c1-20-5-6-21(2,11-20)17(22)16(10-20)28-19-25-24-18(29-19)14-4-3-13(9-15(14)27)26-8-7-23-12-26/h3-4,7-9,12,16-17,27H,5-6,10-11H2,1-2H3/t16-,17+,20-,21-/m0/s1. The number of ether oxygens (including phenoxy) is 1. The molecule has 0 spiro atoms. The molecular formula is C21H23FN4O2S. The van der Waals surface area contributed by atoms with E-state index in [9.17, 15) is 5.11 Å². The van der Waals surface area contributed by atoms with Gasteiger partial charge in [-0.15, -0.1) is 5.10 Å². The van der Waals surface area contributed by atoms with E-state index < -0.39 is 12.3 Å². The fraction of sp³-hybridized carbons (Fsp3) is 0.476. The lowest BCUT2D eigenvalue weighted by Gasteiger charge is -2.42. The van der Waals surface area contributed by atoms with E-state index in [2.05, 4.69) is 22.1 Å². The summed E-state index contributed by atoms with van der Waals surface area (Å²) in [6, 6.07) is 5.31. The number of nitrogens with zero attached hydrogens (tertiary/aromatic N) is 4. The Morgan fingerprint density at radius 2 is 2.14 bits per heavy atom. The predicted octanol–water partition coefficient (Wildman–Crippen LogP) is 4.78. The molecule has 5 rings (SSSR count). The zero-order valence-corrected chi connectivity index (χ0v) is 17.2. The Morgan fingerprint density at radius 3 is 2.90 bits per heavy atom. The normalized spacial score (nSPS) is 31.1. The van der Waals surface area contributed by atoms with Crippen LogP contribution in [0.2, 0.25) is 0 Å². The first-order valence-electron chi connectivity index (χ1n) is 9.81. The van der Waals surface area contributed by atoms with Crippen LogP contribution < -0.4 is 4.74 Å². The Morgan fingerprint density at radius 1 is 1.28 bits per heavy atom. The number of aromatic nitrogens is 4. The highest BCUT2D eigenvalue weighted by Crippen LogP contribution is 2.59. The number of alkyl halides is 1. The lowest BCUT2D eigenvalue weighted by molar-refractivity contribution is -0.0415. The number of aromatic hydroxyl groups is 1. The van der Waals surface area contributed by atoms with Crippen molar-refractivity contribution >= 4 is 11.3 Å². The Bertz CT molecular complexity index is 1040. The molecule has 0 unspecified atom stereocenters. The topological polar surface area (TPSA) is 73.1 Å². The highest BCUT2D eigenvalue weighted by atomic mass is 32.1. The van der Waals surface area contributed by atoms with Crippen LogP contribution in [0.25, 0.3) is 16.3 Å². The first-order valence-corrected chi connectivity index (χ1v) is 10.6. The minimum Gasteiger partial charge on any atom is -0.507 e. The van der Waals surface area contributed by atoms with E-state index in [1.807, 2.05) is 13.0 Å². The smallest absolute Gasteiger partial charge is 0.294 e. The molecule has 2 heterocycles. The second-order valence-corrected chi connectivity index (χ2v) is 9.89. The lowest BCUT2D eigenvalue weighted by Crippen LogP contribution is -2.46. The van der Waals surface area contributed by atoms with Crippen LogP contribution in [-0.2, 0) is 0 Å². The minimum atomic E-state index is -1.01.